The standard InChI is InChI=1S/C22H18FN5OS/c1-14-19-25-26-20(21-24-18(13-30-21)15-5-3-2-4-6-15)28(19)12-11-27(14)22(29)16-7-9-17(23)10-8-16/h2-10,13-14H,11-12H2,1H3. The van der Waals surface area contributed by atoms with Crippen LogP contribution in [0.25, 0.3) is 22.1 Å². The largest absolute Gasteiger partial charge is 0.327 e. The molecule has 1 aliphatic rings. The quantitative estimate of drug-likeness (QED) is 0.493. The van der Waals surface area contributed by atoms with Gasteiger partial charge in [-0.05, 0) is 31.2 Å². The molecule has 0 aliphatic carbocycles. The SMILES string of the molecule is CC1c2nnc(-c3nc(-c4ccccc4)cs3)n2CCN1C(=O)c1ccc(F)cc1. The van der Waals surface area contributed by atoms with Crippen LogP contribution in [0.2, 0.25) is 0 Å². The van der Waals surface area contributed by atoms with Gasteiger partial charge in [0.2, 0.25) is 0 Å². The number of rotatable bonds is 3. The molecule has 1 amide bonds. The second kappa shape index (κ2) is 7.46. The molecular weight excluding hydrogens is 401 g/mol. The van der Waals surface area contributed by atoms with Gasteiger partial charge in [-0.3, -0.25) is 4.79 Å². The number of hydrogen-bond acceptors (Lipinski definition) is 5. The lowest BCUT2D eigenvalue weighted by Crippen LogP contribution is -2.41. The fourth-order valence-electron chi connectivity index (χ4n) is 3.70. The summed E-state index contributed by atoms with van der Waals surface area (Å²) in [5, 5.41) is 11.6. The summed E-state index contributed by atoms with van der Waals surface area (Å²) in [6.45, 7) is 3.03. The summed E-state index contributed by atoms with van der Waals surface area (Å²) in [6, 6.07) is 15.4. The fourth-order valence-corrected chi connectivity index (χ4v) is 4.52. The lowest BCUT2D eigenvalue weighted by atomic mass is 10.1. The van der Waals surface area contributed by atoms with Crippen molar-refractivity contribution in [3.05, 3.63) is 77.2 Å². The molecule has 2 aromatic carbocycles. The first-order valence-corrected chi connectivity index (χ1v) is 10.5. The number of carbonyl (C=O) groups is 1. The van der Waals surface area contributed by atoms with Gasteiger partial charge in [0.15, 0.2) is 16.7 Å². The Morgan fingerprint density at radius 2 is 1.83 bits per heavy atom. The Hall–Kier alpha value is -3.39. The second-order valence-electron chi connectivity index (χ2n) is 7.12. The predicted octanol–water partition coefficient (Wildman–Crippen LogP) is 4.42. The number of hydrogen-bond donors (Lipinski definition) is 0. The van der Waals surface area contributed by atoms with Crippen LogP contribution in [0.4, 0.5) is 4.39 Å². The molecule has 3 heterocycles. The maximum Gasteiger partial charge on any atom is 0.254 e. The van der Waals surface area contributed by atoms with Crippen molar-refractivity contribution in [3.8, 4) is 22.1 Å². The summed E-state index contributed by atoms with van der Waals surface area (Å²) in [7, 11) is 0. The zero-order chi connectivity index (χ0) is 20.7. The van der Waals surface area contributed by atoms with E-state index in [1.807, 2.05) is 47.2 Å². The lowest BCUT2D eigenvalue weighted by Gasteiger charge is -2.33. The molecule has 0 radical (unpaired) electrons. The van der Waals surface area contributed by atoms with E-state index in [0.29, 0.717) is 18.7 Å². The van der Waals surface area contributed by atoms with E-state index in [-0.39, 0.29) is 17.8 Å². The van der Waals surface area contributed by atoms with Crippen molar-refractivity contribution < 1.29 is 9.18 Å². The number of nitrogens with zero attached hydrogens (tertiary/aromatic N) is 5. The van der Waals surface area contributed by atoms with Gasteiger partial charge in [-0.25, -0.2) is 9.37 Å². The van der Waals surface area contributed by atoms with Crippen LogP contribution in [0.5, 0.6) is 0 Å². The fraction of sp³-hybridized carbons (Fsp3) is 0.182. The van der Waals surface area contributed by atoms with Crippen LogP contribution in [0.1, 0.15) is 29.1 Å². The van der Waals surface area contributed by atoms with Crippen LogP contribution < -0.4 is 0 Å². The summed E-state index contributed by atoms with van der Waals surface area (Å²) in [5.41, 5.74) is 2.43. The molecule has 1 unspecified atom stereocenters. The summed E-state index contributed by atoms with van der Waals surface area (Å²) in [4.78, 5) is 19.4. The molecule has 8 heteroatoms. The van der Waals surface area contributed by atoms with Gasteiger partial charge in [-0.15, -0.1) is 21.5 Å². The van der Waals surface area contributed by atoms with Crippen LogP contribution in [-0.4, -0.2) is 37.1 Å². The van der Waals surface area contributed by atoms with E-state index in [2.05, 4.69) is 10.2 Å². The number of fused-ring (bicyclic) bond motifs is 1. The molecule has 150 valence electrons. The van der Waals surface area contributed by atoms with Crippen LogP contribution in [0, 0.1) is 5.82 Å². The number of thiazole rings is 1. The highest BCUT2D eigenvalue weighted by atomic mass is 32.1. The Kier molecular flexibility index (Phi) is 4.63. The van der Waals surface area contributed by atoms with E-state index in [1.165, 1.54) is 35.6 Å². The summed E-state index contributed by atoms with van der Waals surface area (Å²) < 4.78 is 15.2. The molecule has 0 fully saturated rings. The zero-order valence-corrected chi connectivity index (χ0v) is 17.0. The van der Waals surface area contributed by atoms with Gasteiger partial charge in [0.1, 0.15) is 5.82 Å². The third kappa shape index (κ3) is 3.19. The van der Waals surface area contributed by atoms with Gasteiger partial charge in [0, 0.05) is 29.6 Å². The average molecular weight is 419 g/mol. The average Bonchev–Trinajstić information content (AvgIpc) is 3.42. The van der Waals surface area contributed by atoms with Crippen molar-refractivity contribution in [2.45, 2.75) is 19.5 Å². The highest BCUT2D eigenvalue weighted by Crippen LogP contribution is 2.32. The lowest BCUT2D eigenvalue weighted by molar-refractivity contribution is 0.0638. The summed E-state index contributed by atoms with van der Waals surface area (Å²) in [5.74, 6) is 0.945. The monoisotopic (exact) mass is 419 g/mol. The number of halogens is 1. The molecule has 0 spiro atoms. The Labute approximate surface area is 176 Å². The summed E-state index contributed by atoms with van der Waals surface area (Å²) in [6.07, 6.45) is 0. The first-order chi connectivity index (χ1) is 14.6. The van der Waals surface area contributed by atoms with E-state index >= 15 is 0 Å². The highest BCUT2D eigenvalue weighted by molar-refractivity contribution is 7.13. The first-order valence-electron chi connectivity index (χ1n) is 9.63. The topological polar surface area (TPSA) is 63.9 Å². The molecule has 4 aromatic rings. The minimum Gasteiger partial charge on any atom is -0.327 e. The van der Waals surface area contributed by atoms with E-state index in [0.717, 1.165) is 27.9 Å². The van der Waals surface area contributed by atoms with Crippen LogP contribution in [-0.2, 0) is 6.54 Å². The summed E-state index contributed by atoms with van der Waals surface area (Å²) >= 11 is 1.53. The minimum absolute atomic E-state index is 0.140. The van der Waals surface area contributed by atoms with Gasteiger partial charge < -0.3 is 9.47 Å². The molecule has 1 aliphatic heterocycles. The van der Waals surface area contributed by atoms with E-state index in [1.54, 1.807) is 4.90 Å². The van der Waals surface area contributed by atoms with Crippen LogP contribution in [0.3, 0.4) is 0 Å². The number of aromatic nitrogens is 4. The van der Waals surface area contributed by atoms with Crippen molar-refractivity contribution in [1.29, 1.82) is 0 Å². The number of carbonyl (C=O) groups excluding carboxylic acids is 1. The third-order valence-electron chi connectivity index (χ3n) is 5.30. The van der Waals surface area contributed by atoms with E-state index < -0.39 is 0 Å². The highest BCUT2D eigenvalue weighted by Gasteiger charge is 2.32. The zero-order valence-electron chi connectivity index (χ0n) is 16.2. The molecule has 2 aromatic heterocycles. The first kappa shape index (κ1) is 18.6. The smallest absolute Gasteiger partial charge is 0.254 e. The maximum atomic E-state index is 13.2. The molecule has 0 N–H and O–H groups in total. The number of amides is 1. The van der Waals surface area contributed by atoms with Gasteiger partial charge in [0.25, 0.3) is 5.91 Å². The van der Waals surface area contributed by atoms with Crippen LogP contribution >= 0.6 is 11.3 Å². The van der Waals surface area contributed by atoms with E-state index in [4.69, 9.17) is 4.98 Å². The van der Waals surface area contributed by atoms with Gasteiger partial charge in [0.05, 0.1) is 11.7 Å². The molecule has 5 rings (SSSR count). The van der Waals surface area contributed by atoms with Crippen molar-refractivity contribution in [2.75, 3.05) is 6.54 Å². The molecule has 0 bridgehead atoms. The van der Waals surface area contributed by atoms with Gasteiger partial charge in [-0.1, -0.05) is 30.3 Å². The van der Waals surface area contributed by atoms with Crippen LogP contribution in [0.15, 0.2) is 60.0 Å². The van der Waals surface area contributed by atoms with Crippen molar-refractivity contribution in [1.82, 2.24) is 24.6 Å². The Morgan fingerprint density at radius 1 is 1.07 bits per heavy atom. The van der Waals surface area contributed by atoms with Crippen molar-refractivity contribution in [3.63, 3.8) is 0 Å². The Morgan fingerprint density at radius 3 is 2.60 bits per heavy atom. The molecule has 6 nitrogen and oxygen atoms in total. The minimum atomic E-state index is -0.360. The van der Waals surface area contributed by atoms with Gasteiger partial charge in [-0.2, -0.15) is 0 Å². The Balaban J connectivity index is 1.42. The van der Waals surface area contributed by atoms with Crippen molar-refractivity contribution >= 4 is 17.2 Å². The molecule has 0 saturated heterocycles. The van der Waals surface area contributed by atoms with Crippen molar-refractivity contribution in [2.24, 2.45) is 0 Å². The molecular formula is C22H18FN5OS. The van der Waals surface area contributed by atoms with Gasteiger partial charge >= 0.3 is 0 Å². The molecule has 0 saturated carbocycles. The van der Waals surface area contributed by atoms with E-state index in [9.17, 15) is 9.18 Å². The maximum absolute atomic E-state index is 13.2. The number of benzene rings is 2. The second-order valence-corrected chi connectivity index (χ2v) is 7.98. The molecule has 30 heavy (non-hydrogen) atoms. The predicted molar refractivity (Wildman–Crippen MR) is 112 cm³/mol. The third-order valence-corrected chi connectivity index (χ3v) is 6.14. The normalized spacial score (nSPS) is 15.8. The Bertz CT molecular complexity index is 1200. The molecule has 1 atom stereocenters.